The second-order valence-electron chi connectivity index (χ2n) is 2.87. The number of aliphatic carboxylic acids is 1. The normalized spacial score (nSPS) is 9.93. The number of hydrogen-bond donors (Lipinski definition) is 3. The maximum absolute atomic E-state index is 11.6. The van der Waals surface area contributed by atoms with Gasteiger partial charge in [0, 0.05) is 12.7 Å². The lowest BCUT2D eigenvalue weighted by atomic mass is 10.3. The fourth-order valence-corrected chi connectivity index (χ4v) is 1.11. The van der Waals surface area contributed by atoms with Crippen LogP contribution in [0.2, 0.25) is 0 Å². The van der Waals surface area contributed by atoms with Crippen molar-refractivity contribution in [3.8, 4) is 0 Å². The average Bonchev–Trinajstić information content (AvgIpc) is 2.60. The highest BCUT2D eigenvalue weighted by Gasteiger charge is 2.17. The first-order chi connectivity index (χ1) is 7.04. The second-order valence-corrected chi connectivity index (χ2v) is 2.87. The Morgan fingerprint density at radius 2 is 2.20 bits per heavy atom. The highest BCUT2D eigenvalue weighted by Crippen LogP contribution is 1.98. The van der Waals surface area contributed by atoms with E-state index in [0.29, 0.717) is 0 Å². The van der Waals surface area contributed by atoms with Crippen LogP contribution in [0, 0.1) is 0 Å². The van der Waals surface area contributed by atoms with Crippen LogP contribution in [0.25, 0.3) is 0 Å². The first-order valence-corrected chi connectivity index (χ1v) is 4.33. The molecule has 0 aliphatic heterocycles. The number of nitrogens with zero attached hydrogens (tertiary/aromatic N) is 1. The number of aromatic nitrogens is 2. The quantitative estimate of drug-likeness (QED) is 0.611. The van der Waals surface area contributed by atoms with E-state index in [2.05, 4.69) is 9.97 Å². The number of rotatable bonds is 4. The molecule has 0 aromatic carbocycles. The standard InChI is InChI=1S/C8H11N3O4/c1-2-11(4-6(12)13)7(14)5-3-9-8(15)10-5/h3H,2,4H2,1H3,(H,12,13)(H2,9,10,15). The van der Waals surface area contributed by atoms with Gasteiger partial charge >= 0.3 is 11.7 Å². The first-order valence-electron chi connectivity index (χ1n) is 4.33. The van der Waals surface area contributed by atoms with Gasteiger partial charge in [-0.15, -0.1) is 0 Å². The smallest absolute Gasteiger partial charge is 0.323 e. The molecule has 0 radical (unpaired) electrons. The van der Waals surface area contributed by atoms with Gasteiger partial charge in [-0.1, -0.05) is 0 Å². The lowest BCUT2D eigenvalue weighted by Gasteiger charge is -2.16. The molecule has 0 aliphatic rings. The van der Waals surface area contributed by atoms with Gasteiger partial charge in [-0.2, -0.15) is 0 Å². The molecule has 0 atom stereocenters. The van der Waals surface area contributed by atoms with E-state index in [0.717, 1.165) is 4.90 Å². The zero-order valence-electron chi connectivity index (χ0n) is 8.11. The predicted molar refractivity (Wildman–Crippen MR) is 50.6 cm³/mol. The van der Waals surface area contributed by atoms with Crippen molar-refractivity contribution < 1.29 is 14.7 Å². The minimum atomic E-state index is -1.09. The van der Waals surface area contributed by atoms with E-state index in [1.54, 1.807) is 6.92 Å². The molecule has 1 rings (SSSR count). The number of carboxylic acid groups (broad SMARTS) is 1. The summed E-state index contributed by atoms with van der Waals surface area (Å²) >= 11 is 0. The molecule has 0 spiro atoms. The van der Waals surface area contributed by atoms with Gasteiger partial charge in [-0.3, -0.25) is 9.59 Å². The highest BCUT2D eigenvalue weighted by molar-refractivity contribution is 5.93. The van der Waals surface area contributed by atoms with Gasteiger partial charge in [-0.05, 0) is 6.92 Å². The van der Waals surface area contributed by atoms with Crippen molar-refractivity contribution >= 4 is 11.9 Å². The summed E-state index contributed by atoms with van der Waals surface area (Å²) in [5.41, 5.74) is -0.437. The third-order valence-electron chi connectivity index (χ3n) is 1.82. The number of aromatic amines is 2. The van der Waals surface area contributed by atoms with Crippen LogP contribution in [0.4, 0.5) is 0 Å². The number of imidazole rings is 1. The molecule has 7 heteroatoms. The number of carbonyl (C=O) groups is 2. The molecule has 1 heterocycles. The van der Waals surface area contributed by atoms with Crippen molar-refractivity contribution in [3.63, 3.8) is 0 Å². The van der Waals surface area contributed by atoms with Gasteiger partial charge in [0.25, 0.3) is 5.91 Å². The van der Waals surface area contributed by atoms with Crippen LogP contribution < -0.4 is 5.69 Å². The van der Waals surface area contributed by atoms with E-state index in [9.17, 15) is 14.4 Å². The van der Waals surface area contributed by atoms with Crippen LogP contribution in [0.1, 0.15) is 17.4 Å². The van der Waals surface area contributed by atoms with E-state index in [1.807, 2.05) is 0 Å². The molecule has 3 N–H and O–H groups in total. The fourth-order valence-electron chi connectivity index (χ4n) is 1.11. The van der Waals surface area contributed by atoms with Crippen molar-refractivity contribution in [2.45, 2.75) is 6.92 Å². The Kier molecular flexibility index (Phi) is 3.27. The molecule has 0 saturated heterocycles. The van der Waals surface area contributed by atoms with Crippen LogP contribution in [0.3, 0.4) is 0 Å². The predicted octanol–water partition coefficient (Wildman–Crippen LogP) is -0.750. The van der Waals surface area contributed by atoms with E-state index in [1.165, 1.54) is 6.20 Å². The number of likely N-dealkylation sites (N-methyl/N-ethyl adjacent to an activating group) is 1. The molecule has 1 amide bonds. The third-order valence-corrected chi connectivity index (χ3v) is 1.82. The number of H-pyrrole nitrogens is 2. The van der Waals surface area contributed by atoms with Gasteiger partial charge in [0.15, 0.2) is 0 Å². The summed E-state index contributed by atoms with van der Waals surface area (Å²) < 4.78 is 0. The molecule has 0 fully saturated rings. The summed E-state index contributed by atoms with van der Waals surface area (Å²) in [5, 5.41) is 8.54. The van der Waals surface area contributed by atoms with E-state index in [-0.39, 0.29) is 18.8 Å². The lowest BCUT2D eigenvalue weighted by molar-refractivity contribution is -0.137. The van der Waals surface area contributed by atoms with E-state index in [4.69, 9.17) is 5.11 Å². The molecule has 1 aromatic rings. The van der Waals surface area contributed by atoms with Gasteiger partial charge < -0.3 is 20.0 Å². The van der Waals surface area contributed by atoms with Crippen LogP contribution in [0.15, 0.2) is 11.0 Å². The molecule has 0 aliphatic carbocycles. The summed E-state index contributed by atoms with van der Waals surface area (Å²) in [6.45, 7) is 1.53. The van der Waals surface area contributed by atoms with Crippen molar-refractivity contribution in [2.75, 3.05) is 13.1 Å². The molecule has 0 bridgehead atoms. The molecule has 82 valence electrons. The monoisotopic (exact) mass is 213 g/mol. The number of carboxylic acids is 1. The minimum Gasteiger partial charge on any atom is -0.480 e. The Balaban J connectivity index is 2.81. The summed E-state index contributed by atoms with van der Waals surface area (Å²) in [6.07, 6.45) is 1.22. The van der Waals surface area contributed by atoms with Gasteiger partial charge in [0.1, 0.15) is 12.2 Å². The SMILES string of the molecule is CCN(CC(=O)O)C(=O)c1c[nH]c(=O)[nH]1. The molecule has 1 aromatic heterocycles. The van der Waals surface area contributed by atoms with Gasteiger partial charge in [0.2, 0.25) is 0 Å². The van der Waals surface area contributed by atoms with Gasteiger partial charge in [0.05, 0.1) is 0 Å². The molecule has 0 saturated carbocycles. The van der Waals surface area contributed by atoms with Gasteiger partial charge in [-0.25, -0.2) is 4.79 Å². The fraction of sp³-hybridized carbons (Fsp3) is 0.375. The number of carbonyl (C=O) groups excluding carboxylic acids is 1. The minimum absolute atomic E-state index is 0.0584. The Bertz CT molecular complexity index is 420. The average molecular weight is 213 g/mol. The largest absolute Gasteiger partial charge is 0.480 e. The maximum Gasteiger partial charge on any atom is 0.323 e. The van der Waals surface area contributed by atoms with Crippen LogP contribution in [0.5, 0.6) is 0 Å². The molecular weight excluding hydrogens is 202 g/mol. The van der Waals surface area contributed by atoms with Crippen molar-refractivity contribution in [2.24, 2.45) is 0 Å². The maximum atomic E-state index is 11.6. The van der Waals surface area contributed by atoms with Crippen LogP contribution in [-0.4, -0.2) is 44.9 Å². The number of nitrogens with one attached hydrogen (secondary N) is 2. The zero-order chi connectivity index (χ0) is 11.4. The molecule has 7 nitrogen and oxygen atoms in total. The summed E-state index contributed by atoms with van der Waals surface area (Å²) in [6, 6.07) is 0. The van der Waals surface area contributed by atoms with E-state index < -0.39 is 17.6 Å². The third kappa shape index (κ3) is 2.70. The van der Waals surface area contributed by atoms with E-state index >= 15 is 0 Å². The Morgan fingerprint density at radius 3 is 2.60 bits per heavy atom. The number of hydrogen-bond acceptors (Lipinski definition) is 3. The summed E-state index contributed by atoms with van der Waals surface area (Å²) in [5.74, 6) is -1.61. The highest BCUT2D eigenvalue weighted by atomic mass is 16.4. The Hall–Kier alpha value is -2.05. The van der Waals surface area contributed by atoms with Crippen molar-refractivity contribution in [1.29, 1.82) is 0 Å². The van der Waals surface area contributed by atoms with Crippen molar-refractivity contribution in [3.05, 3.63) is 22.4 Å². The van der Waals surface area contributed by atoms with Crippen LogP contribution in [-0.2, 0) is 4.79 Å². The molecule has 0 unspecified atom stereocenters. The summed E-state index contributed by atoms with van der Waals surface area (Å²) in [7, 11) is 0. The molecule has 15 heavy (non-hydrogen) atoms. The second kappa shape index (κ2) is 4.45. The zero-order valence-corrected chi connectivity index (χ0v) is 8.11. The number of amides is 1. The topological polar surface area (TPSA) is 106 Å². The lowest BCUT2D eigenvalue weighted by Crippen LogP contribution is -2.35. The summed E-state index contributed by atoms with van der Waals surface area (Å²) in [4.78, 5) is 38.4. The Labute approximate surface area is 84.7 Å². The van der Waals surface area contributed by atoms with Crippen molar-refractivity contribution in [1.82, 2.24) is 14.9 Å². The molecular formula is C8H11N3O4. The Morgan fingerprint density at radius 1 is 1.53 bits per heavy atom. The first kappa shape index (κ1) is 11.0. The van der Waals surface area contributed by atoms with Crippen LogP contribution >= 0.6 is 0 Å².